The van der Waals surface area contributed by atoms with E-state index in [2.05, 4.69) is 16.7 Å². The number of halogens is 3. The predicted molar refractivity (Wildman–Crippen MR) is 155 cm³/mol. The molecule has 230 valence electrons. The number of carbonyl (C=O) groups is 1. The minimum Gasteiger partial charge on any atom is -0.472 e. The zero-order chi connectivity index (χ0) is 31.7. The number of rotatable bonds is 11. The first-order chi connectivity index (χ1) is 20.2. The summed E-state index contributed by atoms with van der Waals surface area (Å²) in [4.78, 5) is 17.1. The largest absolute Gasteiger partial charge is 0.472 e. The van der Waals surface area contributed by atoms with E-state index >= 15 is 0 Å². The minimum atomic E-state index is -5.01. The molecule has 0 aliphatic heterocycles. The lowest BCUT2D eigenvalue weighted by molar-refractivity contribution is -0.186. The second-order valence-corrected chi connectivity index (χ2v) is 11.8. The van der Waals surface area contributed by atoms with Crippen molar-refractivity contribution in [3.05, 3.63) is 66.1 Å². The molecule has 0 fully saturated rings. The molecule has 1 amide bonds. The Hall–Kier alpha value is -4.17. The van der Waals surface area contributed by atoms with Crippen molar-refractivity contribution in [2.75, 3.05) is 20.2 Å². The second-order valence-electron chi connectivity index (χ2n) is 9.95. The predicted octanol–water partition coefficient (Wildman–Crippen LogP) is 4.95. The number of pyridine rings is 1. The molecule has 0 N–H and O–H groups in total. The highest BCUT2D eigenvalue weighted by Gasteiger charge is 2.42. The Morgan fingerprint density at radius 2 is 1.91 bits per heavy atom. The molecule has 0 radical (unpaired) electrons. The van der Waals surface area contributed by atoms with Gasteiger partial charge in [0.2, 0.25) is 5.88 Å². The number of aryl methyl sites for hydroxylation is 2. The molecule has 0 saturated heterocycles. The number of carbonyl (C=O) groups excluding carboxylic acids is 1. The average molecular weight is 620 g/mol. The van der Waals surface area contributed by atoms with Crippen LogP contribution in [-0.2, 0) is 33.2 Å². The van der Waals surface area contributed by atoms with Crippen LogP contribution < -0.4 is 4.74 Å². The number of alkyl halides is 3. The highest BCUT2D eigenvalue weighted by atomic mass is 32.2. The number of hydrogen-bond acceptors (Lipinski definition) is 7. The van der Waals surface area contributed by atoms with Crippen molar-refractivity contribution in [2.45, 2.75) is 44.6 Å². The monoisotopic (exact) mass is 619 g/mol. The van der Waals surface area contributed by atoms with Crippen molar-refractivity contribution in [1.82, 2.24) is 23.6 Å². The summed E-state index contributed by atoms with van der Waals surface area (Å²) < 4.78 is 80.2. The van der Waals surface area contributed by atoms with Crippen LogP contribution in [0.25, 0.3) is 28.2 Å². The van der Waals surface area contributed by atoms with Gasteiger partial charge in [-0.2, -0.15) is 18.3 Å². The summed E-state index contributed by atoms with van der Waals surface area (Å²) in [5.41, 5.74) is 3.02. The van der Waals surface area contributed by atoms with E-state index in [0.29, 0.717) is 32.7 Å². The van der Waals surface area contributed by atoms with E-state index in [-0.39, 0.29) is 36.1 Å². The number of benzene rings is 1. The van der Waals surface area contributed by atoms with E-state index in [1.165, 1.54) is 49.3 Å². The van der Waals surface area contributed by atoms with Crippen molar-refractivity contribution in [1.29, 1.82) is 0 Å². The summed E-state index contributed by atoms with van der Waals surface area (Å²) in [6.45, 7) is 8.28. The number of ether oxygens (including phenoxy) is 2. The molecule has 0 aliphatic rings. The molecule has 10 nitrogen and oxygen atoms in total. The molecule has 0 aliphatic carbocycles. The first kappa shape index (κ1) is 31.8. The number of amides is 1. The van der Waals surface area contributed by atoms with Crippen molar-refractivity contribution in [2.24, 2.45) is 7.05 Å². The Morgan fingerprint density at radius 3 is 2.49 bits per heavy atom. The summed E-state index contributed by atoms with van der Waals surface area (Å²) >= 11 is 0. The molecule has 1 atom stereocenters. The fourth-order valence-electron chi connectivity index (χ4n) is 4.71. The molecule has 14 heteroatoms. The summed E-state index contributed by atoms with van der Waals surface area (Å²) in [5, 5.41) is 4.96. The van der Waals surface area contributed by atoms with Crippen LogP contribution in [0.2, 0.25) is 0 Å². The third-order valence-electron chi connectivity index (χ3n) is 6.78. The van der Waals surface area contributed by atoms with Gasteiger partial charge in [0.15, 0.2) is 5.65 Å². The van der Waals surface area contributed by atoms with E-state index in [0.717, 1.165) is 9.54 Å². The van der Waals surface area contributed by atoms with Gasteiger partial charge >= 0.3 is 12.1 Å². The molecule has 0 saturated carbocycles. The van der Waals surface area contributed by atoms with Gasteiger partial charge in [-0.25, -0.2) is 22.1 Å². The van der Waals surface area contributed by atoms with Crippen molar-refractivity contribution >= 4 is 33.0 Å². The van der Waals surface area contributed by atoms with Crippen molar-refractivity contribution in [3.8, 4) is 17.0 Å². The maximum absolute atomic E-state index is 13.5. The topological polar surface area (TPSA) is 109 Å². The van der Waals surface area contributed by atoms with Gasteiger partial charge in [0.05, 0.1) is 29.3 Å². The molecule has 0 spiro atoms. The zero-order valence-corrected chi connectivity index (χ0v) is 25.2. The standard InChI is InChI=1S/C29H32F3N5O5S/c1-7-20-16-37(43(39,40)22-11-9-18(3)10-12-22)26-23(20)13-21(14-33-26)25-24(17-41-6)34-35(5)27(25)42-19(4)15-36(8-2)28(38)29(30,31)32/h7,9-14,16,19H,1,8,15,17H2,2-6H3/t19-/m0/s1. The lowest BCUT2D eigenvalue weighted by Crippen LogP contribution is -2.45. The molecule has 3 aromatic heterocycles. The average Bonchev–Trinajstić information content (AvgIpc) is 3.48. The van der Waals surface area contributed by atoms with Crippen LogP contribution in [0, 0.1) is 6.92 Å². The Balaban J connectivity index is 1.78. The van der Waals surface area contributed by atoms with Gasteiger partial charge in [-0.3, -0.25) is 4.79 Å². The van der Waals surface area contributed by atoms with Crippen LogP contribution in [-0.4, -0.2) is 70.4 Å². The normalized spacial score (nSPS) is 12.8. The number of aromatic nitrogens is 4. The van der Waals surface area contributed by atoms with Crippen LogP contribution >= 0.6 is 0 Å². The third-order valence-corrected chi connectivity index (χ3v) is 8.44. The minimum absolute atomic E-state index is 0.0731. The fourth-order valence-corrected chi connectivity index (χ4v) is 6.04. The SMILES string of the molecule is C=Cc1cn(S(=O)(=O)c2ccc(C)cc2)c2ncc(-c3c(COC)nn(C)c3O[C@@H](C)CN(CC)C(=O)C(F)(F)F)cc12. The van der Waals surface area contributed by atoms with Gasteiger partial charge in [0, 0.05) is 49.6 Å². The first-order valence-electron chi connectivity index (χ1n) is 13.3. The smallest absolute Gasteiger partial charge is 0.471 e. The Morgan fingerprint density at radius 1 is 1.23 bits per heavy atom. The number of methoxy groups -OCH3 is 1. The van der Waals surface area contributed by atoms with Gasteiger partial charge in [-0.15, -0.1) is 0 Å². The molecule has 4 aromatic rings. The van der Waals surface area contributed by atoms with Gasteiger partial charge in [0.25, 0.3) is 10.0 Å². The molecule has 43 heavy (non-hydrogen) atoms. The van der Waals surface area contributed by atoms with Crippen LogP contribution in [0.1, 0.15) is 30.7 Å². The molecule has 0 bridgehead atoms. The van der Waals surface area contributed by atoms with E-state index in [4.69, 9.17) is 9.47 Å². The lowest BCUT2D eigenvalue weighted by atomic mass is 10.1. The quantitative estimate of drug-likeness (QED) is 0.234. The zero-order valence-electron chi connectivity index (χ0n) is 24.3. The molecule has 0 unspecified atom stereocenters. The second kappa shape index (κ2) is 12.2. The number of hydrogen-bond donors (Lipinski definition) is 0. The Bertz CT molecular complexity index is 1760. The van der Waals surface area contributed by atoms with E-state index < -0.39 is 28.2 Å². The Kier molecular flexibility index (Phi) is 9.02. The van der Waals surface area contributed by atoms with Crippen LogP contribution in [0.3, 0.4) is 0 Å². The first-order valence-corrected chi connectivity index (χ1v) is 14.7. The maximum Gasteiger partial charge on any atom is 0.471 e. The van der Waals surface area contributed by atoms with Gasteiger partial charge in [-0.1, -0.05) is 30.4 Å². The van der Waals surface area contributed by atoms with E-state index in [1.807, 2.05) is 6.92 Å². The summed E-state index contributed by atoms with van der Waals surface area (Å²) in [6.07, 6.45) is -1.43. The number of nitrogens with zero attached hydrogens (tertiary/aromatic N) is 5. The van der Waals surface area contributed by atoms with Crippen LogP contribution in [0.4, 0.5) is 13.2 Å². The summed E-state index contributed by atoms with van der Waals surface area (Å²) in [5.74, 6) is -1.74. The lowest BCUT2D eigenvalue weighted by Gasteiger charge is -2.26. The number of fused-ring (bicyclic) bond motifs is 1. The molecule has 4 rings (SSSR count). The highest BCUT2D eigenvalue weighted by molar-refractivity contribution is 7.90. The Labute approximate surface area is 247 Å². The molecular weight excluding hydrogens is 587 g/mol. The van der Waals surface area contributed by atoms with Crippen LogP contribution in [0.5, 0.6) is 5.88 Å². The van der Waals surface area contributed by atoms with E-state index in [9.17, 15) is 26.4 Å². The fraction of sp³-hybridized carbons (Fsp3) is 0.345. The molecule has 3 heterocycles. The number of likely N-dealkylation sites (N-methyl/N-ethyl adjacent to an activating group) is 1. The van der Waals surface area contributed by atoms with Crippen molar-refractivity contribution < 1.29 is 35.9 Å². The van der Waals surface area contributed by atoms with Crippen molar-refractivity contribution in [3.63, 3.8) is 0 Å². The van der Waals surface area contributed by atoms with Gasteiger partial charge < -0.3 is 14.4 Å². The highest BCUT2D eigenvalue weighted by Crippen LogP contribution is 2.37. The molecule has 1 aromatic carbocycles. The maximum atomic E-state index is 13.5. The van der Waals surface area contributed by atoms with E-state index in [1.54, 1.807) is 32.2 Å². The molecular formula is C29H32F3N5O5S. The van der Waals surface area contributed by atoms with Gasteiger partial charge in [0.1, 0.15) is 6.10 Å². The summed E-state index contributed by atoms with van der Waals surface area (Å²) in [6, 6.07) is 8.19. The summed E-state index contributed by atoms with van der Waals surface area (Å²) in [7, 11) is -0.896. The van der Waals surface area contributed by atoms with Crippen LogP contribution in [0.15, 0.2) is 54.2 Å². The van der Waals surface area contributed by atoms with Gasteiger partial charge in [-0.05, 0) is 39.0 Å². The third kappa shape index (κ3) is 6.30.